The van der Waals surface area contributed by atoms with Crippen LogP contribution in [-0.4, -0.2) is 23.9 Å². The first-order valence-electron chi connectivity index (χ1n) is 2.35. The Kier molecular flexibility index (Phi) is 1.27. The van der Waals surface area contributed by atoms with Crippen molar-refractivity contribution in [3.8, 4) is 0 Å². The van der Waals surface area contributed by atoms with E-state index < -0.39 is 0 Å². The molecule has 9 heavy (non-hydrogen) atoms. The summed E-state index contributed by atoms with van der Waals surface area (Å²) in [5.74, 6) is -0.147. The largest absolute Gasteiger partial charge is 0.300 e. The van der Waals surface area contributed by atoms with E-state index in [1.54, 1.807) is 0 Å². The molecule has 48 valence electrons. The second kappa shape index (κ2) is 1.94. The van der Waals surface area contributed by atoms with Gasteiger partial charge in [0.1, 0.15) is 12.3 Å². The molecule has 0 saturated carbocycles. The Labute approximate surface area is 51.5 Å². The summed E-state index contributed by atoms with van der Waals surface area (Å²) in [6, 6.07) is 0. The van der Waals surface area contributed by atoms with Gasteiger partial charge in [-0.1, -0.05) is 0 Å². The van der Waals surface area contributed by atoms with Crippen LogP contribution in [-0.2, 0) is 4.84 Å². The molecule has 5 heteroatoms. The van der Waals surface area contributed by atoms with Crippen LogP contribution >= 0.6 is 0 Å². The lowest BCUT2D eigenvalue weighted by atomic mass is 10.2. The number of amidine groups is 1. The van der Waals surface area contributed by atoms with Crippen LogP contribution in [0.1, 0.15) is 0 Å². The fourth-order valence-corrected chi connectivity index (χ4v) is 0.455. The van der Waals surface area contributed by atoms with Crippen molar-refractivity contribution in [1.82, 2.24) is 5.48 Å². The minimum Gasteiger partial charge on any atom is -0.300 e. The Morgan fingerprint density at radius 1 is 1.33 bits per heavy atom. The minimum atomic E-state index is -0.147. The lowest BCUT2D eigenvalue weighted by Crippen LogP contribution is -2.43. The molecule has 0 atom stereocenters. The van der Waals surface area contributed by atoms with Crippen molar-refractivity contribution in [3.63, 3.8) is 0 Å². The molecule has 0 aromatic carbocycles. The van der Waals surface area contributed by atoms with Crippen LogP contribution in [0.3, 0.4) is 0 Å². The molecule has 0 amide bonds. The first kappa shape index (κ1) is 5.90. The van der Waals surface area contributed by atoms with Gasteiger partial charge in [-0.05, 0) is 0 Å². The van der Waals surface area contributed by atoms with Crippen molar-refractivity contribution in [2.45, 2.75) is 0 Å². The molecule has 0 bridgehead atoms. The molecular formula is C4H6N4O. The van der Waals surface area contributed by atoms with Crippen LogP contribution in [0.4, 0.5) is 0 Å². The molecular weight excluding hydrogens is 120 g/mol. The third-order valence-electron chi connectivity index (χ3n) is 0.943. The molecule has 0 radical (unpaired) electrons. The van der Waals surface area contributed by atoms with Gasteiger partial charge in [-0.25, -0.2) is 5.48 Å². The molecule has 4 N–H and O–H groups in total. The highest BCUT2D eigenvalue weighted by atomic mass is 16.6. The summed E-state index contributed by atoms with van der Waals surface area (Å²) < 4.78 is 0. The van der Waals surface area contributed by atoms with E-state index in [0.717, 1.165) is 0 Å². The molecule has 1 aliphatic heterocycles. The maximum Gasteiger partial charge on any atom is 0.169 e. The highest BCUT2D eigenvalue weighted by molar-refractivity contribution is 6.66. The second-order valence-electron chi connectivity index (χ2n) is 1.62. The summed E-state index contributed by atoms with van der Waals surface area (Å²) in [5.41, 5.74) is 2.12. The van der Waals surface area contributed by atoms with E-state index in [1.807, 2.05) is 0 Å². The van der Waals surface area contributed by atoms with E-state index in [-0.39, 0.29) is 23.9 Å². The molecule has 0 spiro atoms. The van der Waals surface area contributed by atoms with Crippen molar-refractivity contribution in [3.05, 3.63) is 0 Å². The maximum absolute atomic E-state index is 7.01. The molecule has 0 unspecified atom stereocenters. The number of hydrogen-bond acceptors (Lipinski definition) is 4. The minimum absolute atomic E-state index is 0.0405. The predicted molar refractivity (Wildman–Crippen MR) is 32.3 cm³/mol. The summed E-state index contributed by atoms with van der Waals surface area (Å²) >= 11 is 0. The van der Waals surface area contributed by atoms with Crippen LogP contribution in [0.2, 0.25) is 0 Å². The molecule has 1 heterocycles. The Bertz CT molecular complexity index is 167. The van der Waals surface area contributed by atoms with Gasteiger partial charge in [-0.15, -0.1) is 0 Å². The maximum atomic E-state index is 7.01. The monoisotopic (exact) mass is 126 g/mol. The van der Waals surface area contributed by atoms with Crippen molar-refractivity contribution >= 4 is 17.3 Å². The quantitative estimate of drug-likeness (QED) is 0.353. The molecule has 0 aromatic rings. The fraction of sp³-hybridized carbons (Fsp3) is 0.250. The highest BCUT2D eigenvalue weighted by Gasteiger charge is 2.16. The van der Waals surface area contributed by atoms with Gasteiger partial charge in [0.05, 0.1) is 5.71 Å². The fourth-order valence-electron chi connectivity index (χ4n) is 0.455. The van der Waals surface area contributed by atoms with E-state index in [9.17, 15) is 0 Å². The Morgan fingerprint density at radius 2 is 2.00 bits per heavy atom. The van der Waals surface area contributed by atoms with Gasteiger partial charge in [-0.2, -0.15) is 0 Å². The summed E-state index contributed by atoms with van der Waals surface area (Å²) in [6.45, 7) is 0.0706. The van der Waals surface area contributed by atoms with Gasteiger partial charge < -0.3 is 5.41 Å². The zero-order valence-corrected chi connectivity index (χ0v) is 4.62. The van der Waals surface area contributed by atoms with Gasteiger partial charge in [0.15, 0.2) is 5.84 Å². The third kappa shape index (κ3) is 0.945. The summed E-state index contributed by atoms with van der Waals surface area (Å²) in [4.78, 5) is 4.52. The molecule has 1 saturated heterocycles. The average Bonchev–Trinajstić information content (AvgIpc) is 1.83. The van der Waals surface area contributed by atoms with E-state index in [2.05, 4.69) is 10.3 Å². The van der Waals surface area contributed by atoms with Crippen LogP contribution in [0.15, 0.2) is 0 Å². The molecule has 1 rings (SSSR count). The lowest BCUT2D eigenvalue weighted by molar-refractivity contribution is 0.117. The summed E-state index contributed by atoms with van der Waals surface area (Å²) in [6.07, 6.45) is 0. The third-order valence-corrected chi connectivity index (χ3v) is 0.943. The first-order valence-corrected chi connectivity index (χ1v) is 2.35. The van der Waals surface area contributed by atoms with Crippen LogP contribution in [0, 0.1) is 16.2 Å². The Hall–Kier alpha value is -1.23. The van der Waals surface area contributed by atoms with Gasteiger partial charge in [0, 0.05) is 0 Å². The Morgan fingerprint density at radius 3 is 2.44 bits per heavy atom. The topological polar surface area (TPSA) is 92.8 Å². The molecule has 1 aliphatic rings. The smallest absolute Gasteiger partial charge is 0.169 e. The summed E-state index contributed by atoms with van der Waals surface area (Å²) in [7, 11) is 0. The van der Waals surface area contributed by atoms with E-state index in [4.69, 9.17) is 16.2 Å². The standard InChI is InChI=1S/C4H6N4O/c5-2-1-9-8-4(7)3(2)6/h5-6H,1H2,(H2,7,8). The SMILES string of the molecule is N=C1CONC(=N)C1=N. The van der Waals surface area contributed by atoms with E-state index in [0.29, 0.717) is 0 Å². The predicted octanol–water partition coefficient (Wildman–Crippen LogP) is -0.462. The van der Waals surface area contributed by atoms with Crippen LogP contribution in [0.5, 0.6) is 0 Å². The van der Waals surface area contributed by atoms with Gasteiger partial charge in [-0.3, -0.25) is 15.7 Å². The second-order valence-corrected chi connectivity index (χ2v) is 1.62. The number of rotatable bonds is 0. The first-order chi connectivity index (χ1) is 4.22. The van der Waals surface area contributed by atoms with Crippen LogP contribution < -0.4 is 5.48 Å². The molecule has 5 nitrogen and oxygen atoms in total. The van der Waals surface area contributed by atoms with E-state index in [1.165, 1.54) is 0 Å². The van der Waals surface area contributed by atoms with Crippen molar-refractivity contribution in [2.75, 3.05) is 6.61 Å². The average molecular weight is 126 g/mol. The Balaban J connectivity index is 2.74. The highest BCUT2D eigenvalue weighted by Crippen LogP contribution is 1.87. The molecule has 1 fully saturated rings. The number of hydroxylamine groups is 1. The van der Waals surface area contributed by atoms with Crippen molar-refractivity contribution < 1.29 is 4.84 Å². The van der Waals surface area contributed by atoms with Crippen molar-refractivity contribution in [1.29, 1.82) is 16.2 Å². The zero-order valence-electron chi connectivity index (χ0n) is 4.62. The molecule has 0 aliphatic carbocycles. The van der Waals surface area contributed by atoms with Gasteiger partial charge >= 0.3 is 0 Å². The number of nitrogens with one attached hydrogen (secondary N) is 4. The van der Waals surface area contributed by atoms with E-state index >= 15 is 0 Å². The summed E-state index contributed by atoms with van der Waals surface area (Å²) in [5, 5.41) is 20.9. The molecule has 0 aromatic heterocycles. The van der Waals surface area contributed by atoms with Crippen LogP contribution in [0.25, 0.3) is 0 Å². The lowest BCUT2D eigenvalue weighted by Gasteiger charge is -2.14. The van der Waals surface area contributed by atoms with Gasteiger partial charge in [0.25, 0.3) is 0 Å². The van der Waals surface area contributed by atoms with Gasteiger partial charge in [0.2, 0.25) is 0 Å². The normalized spacial score (nSPS) is 19.8. The number of hydrogen-bond donors (Lipinski definition) is 4. The zero-order chi connectivity index (χ0) is 6.85. The van der Waals surface area contributed by atoms with Crippen molar-refractivity contribution in [2.24, 2.45) is 0 Å².